The normalized spacial score (nSPS) is 22.8. The van der Waals surface area contributed by atoms with Crippen LogP contribution in [0.3, 0.4) is 0 Å². The van der Waals surface area contributed by atoms with E-state index in [9.17, 15) is 22.0 Å². The van der Waals surface area contributed by atoms with Crippen molar-refractivity contribution < 1.29 is 27.1 Å². The number of alkyl halides is 5. The maximum Gasteiger partial charge on any atom is 0.456 e. The topological polar surface area (TPSA) is 20.2 Å². The quantitative estimate of drug-likeness (QED) is 0.725. The van der Waals surface area contributed by atoms with Crippen LogP contribution in [0.2, 0.25) is 0 Å². The van der Waals surface area contributed by atoms with Gasteiger partial charge in [0.1, 0.15) is 6.10 Å². The summed E-state index contributed by atoms with van der Waals surface area (Å²) >= 11 is 0. The zero-order valence-electron chi connectivity index (χ0n) is 8.03. The van der Waals surface area contributed by atoms with Crippen LogP contribution in [0.1, 0.15) is 32.1 Å². The van der Waals surface area contributed by atoms with Gasteiger partial charge in [-0.25, -0.2) is 0 Å². The molecule has 0 spiro atoms. The molecule has 1 rings (SSSR count). The molecule has 6 heteroatoms. The zero-order valence-corrected chi connectivity index (χ0v) is 8.03. The number of hydrogen-bond donors (Lipinski definition) is 1. The fraction of sp³-hybridized carbons (Fsp3) is 1.00. The molecule has 0 radical (unpaired) electrons. The summed E-state index contributed by atoms with van der Waals surface area (Å²) in [5.41, 5.74) is 0. The monoisotopic (exact) mass is 232 g/mol. The van der Waals surface area contributed by atoms with Crippen molar-refractivity contribution in [2.24, 2.45) is 5.92 Å². The Hall–Kier alpha value is -0.390. The van der Waals surface area contributed by atoms with E-state index in [-0.39, 0.29) is 12.8 Å². The molecule has 0 aromatic heterocycles. The smallest absolute Gasteiger partial charge is 0.386 e. The minimum Gasteiger partial charge on any atom is -0.386 e. The van der Waals surface area contributed by atoms with E-state index in [0.717, 1.165) is 6.42 Å². The zero-order chi connectivity index (χ0) is 11.7. The van der Waals surface area contributed by atoms with E-state index in [1.54, 1.807) is 0 Å². The predicted molar refractivity (Wildman–Crippen MR) is 43.6 cm³/mol. The SMILES string of the molecule is OC(C1CCCCC1)C(F)(F)C(F)(F)F. The molecular weight excluding hydrogens is 219 g/mol. The summed E-state index contributed by atoms with van der Waals surface area (Å²) in [5, 5.41) is 9.07. The molecule has 1 fully saturated rings. The van der Waals surface area contributed by atoms with Gasteiger partial charge in [0.15, 0.2) is 0 Å². The third-order valence-corrected chi connectivity index (χ3v) is 2.85. The average molecular weight is 232 g/mol. The Morgan fingerprint density at radius 1 is 0.933 bits per heavy atom. The molecule has 0 heterocycles. The van der Waals surface area contributed by atoms with Gasteiger partial charge in [0.2, 0.25) is 0 Å². The fourth-order valence-corrected chi connectivity index (χ4v) is 1.91. The second-order valence-corrected chi connectivity index (χ2v) is 3.96. The van der Waals surface area contributed by atoms with E-state index in [2.05, 4.69) is 0 Å². The van der Waals surface area contributed by atoms with Crippen molar-refractivity contribution in [3.63, 3.8) is 0 Å². The third-order valence-electron chi connectivity index (χ3n) is 2.85. The van der Waals surface area contributed by atoms with E-state index in [0.29, 0.717) is 12.8 Å². The van der Waals surface area contributed by atoms with Crippen molar-refractivity contribution in [2.75, 3.05) is 0 Å². The summed E-state index contributed by atoms with van der Waals surface area (Å²) in [6.07, 6.45) is -5.73. The molecule has 0 bridgehead atoms. The molecule has 1 unspecified atom stereocenters. The standard InChI is InChI=1S/C9H13F5O/c10-8(11,9(12,13)14)7(15)6-4-2-1-3-5-6/h6-7,15H,1-5H2. The summed E-state index contributed by atoms with van der Waals surface area (Å²) in [6, 6.07) is 0. The fourth-order valence-electron chi connectivity index (χ4n) is 1.91. The van der Waals surface area contributed by atoms with Gasteiger partial charge in [-0.1, -0.05) is 19.3 Å². The van der Waals surface area contributed by atoms with E-state index in [4.69, 9.17) is 5.11 Å². The summed E-state index contributed by atoms with van der Waals surface area (Å²) in [6.45, 7) is 0. The second kappa shape index (κ2) is 4.23. The molecule has 0 aliphatic heterocycles. The average Bonchev–Trinajstić information content (AvgIpc) is 2.16. The number of aliphatic hydroxyl groups excluding tert-OH is 1. The second-order valence-electron chi connectivity index (χ2n) is 3.96. The Morgan fingerprint density at radius 2 is 1.40 bits per heavy atom. The van der Waals surface area contributed by atoms with Crippen LogP contribution in [0.25, 0.3) is 0 Å². The van der Waals surface area contributed by atoms with Gasteiger partial charge in [0, 0.05) is 0 Å². The Kier molecular flexibility index (Phi) is 3.58. The first kappa shape index (κ1) is 12.7. The molecule has 1 nitrogen and oxygen atoms in total. The molecular formula is C9H13F5O. The van der Waals surface area contributed by atoms with Gasteiger partial charge in [0.05, 0.1) is 0 Å². The van der Waals surface area contributed by atoms with Crippen LogP contribution in [0.4, 0.5) is 22.0 Å². The highest BCUT2D eigenvalue weighted by Crippen LogP contribution is 2.43. The van der Waals surface area contributed by atoms with Crippen molar-refractivity contribution in [2.45, 2.75) is 50.3 Å². The molecule has 1 atom stereocenters. The largest absolute Gasteiger partial charge is 0.456 e. The number of rotatable bonds is 2. The van der Waals surface area contributed by atoms with Gasteiger partial charge < -0.3 is 5.11 Å². The van der Waals surface area contributed by atoms with Crippen molar-refractivity contribution in [1.29, 1.82) is 0 Å². The van der Waals surface area contributed by atoms with Gasteiger partial charge >= 0.3 is 12.1 Å². The maximum absolute atomic E-state index is 12.7. The number of hydrogen-bond acceptors (Lipinski definition) is 1. The molecule has 0 aromatic carbocycles. The highest BCUT2D eigenvalue weighted by atomic mass is 19.4. The Bertz CT molecular complexity index is 207. The van der Waals surface area contributed by atoms with Crippen LogP contribution < -0.4 is 0 Å². The van der Waals surface area contributed by atoms with E-state index >= 15 is 0 Å². The van der Waals surface area contributed by atoms with Crippen LogP contribution in [-0.4, -0.2) is 23.3 Å². The molecule has 15 heavy (non-hydrogen) atoms. The first-order chi connectivity index (χ1) is 6.77. The van der Waals surface area contributed by atoms with Gasteiger partial charge in [0.25, 0.3) is 0 Å². The molecule has 1 saturated carbocycles. The van der Waals surface area contributed by atoms with E-state index in [1.165, 1.54) is 0 Å². The molecule has 1 aliphatic rings. The van der Waals surface area contributed by atoms with Crippen LogP contribution in [0.15, 0.2) is 0 Å². The van der Waals surface area contributed by atoms with Crippen molar-refractivity contribution >= 4 is 0 Å². The summed E-state index contributed by atoms with van der Waals surface area (Å²) in [7, 11) is 0. The first-order valence-electron chi connectivity index (χ1n) is 4.89. The van der Waals surface area contributed by atoms with Gasteiger partial charge in [-0.2, -0.15) is 22.0 Å². The van der Waals surface area contributed by atoms with Crippen LogP contribution in [0, 0.1) is 5.92 Å². The molecule has 0 amide bonds. The lowest BCUT2D eigenvalue weighted by Gasteiger charge is -2.32. The minimum atomic E-state index is -5.66. The number of halogens is 5. The van der Waals surface area contributed by atoms with Crippen LogP contribution in [0.5, 0.6) is 0 Å². The van der Waals surface area contributed by atoms with Gasteiger partial charge in [-0.3, -0.25) is 0 Å². The van der Waals surface area contributed by atoms with Crippen LogP contribution >= 0.6 is 0 Å². The molecule has 90 valence electrons. The maximum atomic E-state index is 12.7. The Labute approximate surface area is 84.3 Å². The molecule has 0 aromatic rings. The highest BCUT2D eigenvalue weighted by molar-refractivity contribution is 4.89. The van der Waals surface area contributed by atoms with Crippen molar-refractivity contribution in [3.8, 4) is 0 Å². The first-order valence-corrected chi connectivity index (χ1v) is 4.89. The summed E-state index contributed by atoms with van der Waals surface area (Å²) in [5.74, 6) is -5.93. The van der Waals surface area contributed by atoms with Crippen LogP contribution in [-0.2, 0) is 0 Å². The molecule has 0 saturated heterocycles. The Balaban J connectivity index is 2.69. The van der Waals surface area contributed by atoms with Gasteiger partial charge in [-0.15, -0.1) is 0 Å². The van der Waals surface area contributed by atoms with Crippen molar-refractivity contribution in [1.82, 2.24) is 0 Å². The lowest BCUT2D eigenvalue weighted by atomic mass is 9.83. The molecule has 1 N–H and O–H groups in total. The van der Waals surface area contributed by atoms with Gasteiger partial charge in [-0.05, 0) is 18.8 Å². The highest BCUT2D eigenvalue weighted by Gasteiger charge is 2.63. The predicted octanol–water partition coefficient (Wildman–Crippen LogP) is 3.13. The molecule has 1 aliphatic carbocycles. The minimum absolute atomic E-state index is 0.243. The van der Waals surface area contributed by atoms with Crippen molar-refractivity contribution in [3.05, 3.63) is 0 Å². The third kappa shape index (κ3) is 2.59. The lowest BCUT2D eigenvalue weighted by molar-refractivity contribution is -0.320. The number of aliphatic hydroxyl groups is 1. The Morgan fingerprint density at radius 3 is 1.80 bits per heavy atom. The van der Waals surface area contributed by atoms with E-state index < -0.39 is 24.1 Å². The van der Waals surface area contributed by atoms with E-state index in [1.807, 2.05) is 0 Å². The summed E-state index contributed by atoms with van der Waals surface area (Å²) in [4.78, 5) is 0. The summed E-state index contributed by atoms with van der Waals surface area (Å²) < 4.78 is 61.3. The lowest BCUT2D eigenvalue weighted by Crippen LogP contribution is -2.50.